The predicted octanol–water partition coefficient (Wildman–Crippen LogP) is 3.62. The first kappa shape index (κ1) is 21.4. The van der Waals surface area contributed by atoms with E-state index in [2.05, 4.69) is 29.3 Å². The van der Waals surface area contributed by atoms with Crippen molar-refractivity contribution in [2.45, 2.75) is 39.0 Å². The summed E-state index contributed by atoms with van der Waals surface area (Å²) in [7, 11) is 0. The summed E-state index contributed by atoms with van der Waals surface area (Å²) in [6.45, 7) is 7.82. The van der Waals surface area contributed by atoms with E-state index < -0.39 is 0 Å². The number of anilines is 1. The van der Waals surface area contributed by atoms with E-state index in [9.17, 15) is 0 Å². The minimum Gasteiger partial charge on any atom is -0.379 e. The number of aliphatic imine (C=N–C) groups is 1. The molecule has 3 N–H and O–H groups in total. The fraction of sp³-hybridized carbons (Fsp3) is 0.650. The molecule has 146 valence electrons. The van der Waals surface area contributed by atoms with Gasteiger partial charge in [-0.05, 0) is 31.9 Å². The van der Waals surface area contributed by atoms with Gasteiger partial charge in [-0.3, -0.25) is 9.89 Å². The summed E-state index contributed by atoms with van der Waals surface area (Å²) in [4.78, 5) is 7.28. The van der Waals surface area contributed by atoms with Crippen LogP contribution in [-0.2, 0) is 4.74 Å². The molecule has 0 bridgehead atoms. The lowest BCUT2D eigenvalue weighted by Crippen LogP contribution is -2.46. The highest BCUT2D eigenvalue weighted by Crippen LogP contribution is 2.37. The Morgan fingerprint density at radius 1 is 1.15 bits per heavy atom. The second kappa shape index (κ2) is 10.5. The Bertz CT molecular complexity index is 564. The van der Waals surface area contributed by atoms with Gasteiger partial charge >= 0.3 is 0 Å². The maximum atomic E-state index is 6.16. The molecular weight excluding hydrogens is 439 g/mol. The van der Waals surface area contributed by atoms with Crippen LogP contribution in [-0.4, -0.2) is 50.3 Å². The van der Waals surface area contributed by atoms with Gasteiger partial charge in [-0.25, -0.2) is 0 Å². The molecule has 0 unspecified atom stereocenters. The molecule has 0 radical (unpaired) electrons. The van der Waals surface area contributed by atoms with Gasteiger partial charge in [-0.15, -0.1) is 24.0 Å². The first-order chi connectivity index (χ1) is 12.2. The van der Waals surface area contributed by atoms with Crippen LogP contribution in [0.4, 0.5) is 5.69 Å². The Labute approximate surface area is 174 Å². The van der Waals surface area contributed by atoms with Gasteiger partial charge in [0.15, 0.2) is 5.96 Å². The van der Waals surface area contributed by atoms with Crippen LogP contribution in [0.3, 0.4) is 0 Å². The number of rotatable bonds is 5. The summed E-state index contributed by atoms with van der Waals surface area (Å²) in [5, 5.41) is 3.22. The molecule has 1 aliphatic heterocycles. The Kier molecular flexibility index (Phi) is 8.63. The molecule has 2 aliphatic rings. The summed E-state index contributed by atoms with van der Waals surface area (Å²) >= 11 is 0. The fourth-order valence-electron chi connectivity index (χ4n) is 3.98. The lowest BCUT2D eigenvalue weighted by Gasteiger charge is -2.41. The van der Waals surface area contributed by atoms with E-state index in [0.29, 0.717) is 5.96 Å². The highest BCUT2D eigenvalue weighted by Gasteiger charge is 2.34. The predicted molar refractivity (Wildman–Crippen MR) is 119 cm³/mol. The van der Waals surface area contributed by atoms with E-state index in [1.807, 2.05) is 12.1 Å². The van der Waals surface area contributed by atoms with Gasteiger partial charge in [0.25, 0.3) is 0 Å². The number of ether oxygens (including phenoxy) is 1. The van der Waals surface area contributed by atoms with Crippen molar-refractivity contribution in [2.24, 2.45) is 16.1 Å². The average molecular weight is 472 g/mol. The number of morpholine rings is 1. The second-order valence-corrected chi connectivity index (χ2v) is 7.64. The number of hydrogen-bond donors (Lipinski definition) is 2. The maximum Gasteiger partial charge on any atom is 0.193 e. The van der Waals surface area contributed by atoms with Crippen LogP contribution in [0, 0.1) is 12.3 Å². The molecule has 0 atom stereocenters. The van der Waals surface area contributed by atoms with E-state index in [-0.39, 0.29) is 29.4 Å². The molecule has 1 saturated carbocycles. The largest absolute Gasteiger partial charge is 0.379 e. The number of nitrogens with two attached hydrogens (primary N) is 1. The van der Waals surface area contributed by atoms with Crippen molar-refractivity contribution >= 4 is 35.6 Å². The van der Waals surface area contributed by atoms with E-state index in [1.165, 1.54) is 37.7 Å². The number of hydrogen-bond acceptors (Lipinski definition) is 3. The van der Waals surface area contributed by atoms with Crippen LogP contribution in [0.2, 0.25) is 0 Å². The Morgan fingerprint density at radius 3 is 2.46 bits per heavy atom. The zero-order valence-electron chi connectivity index (χ0n) is 15.9. The van der Waals surface area contributed by atoms with Crippen molar-refractivity contribution in [1.29, 1.82) is 0 Å². The normalized spacial score (nSPS) is 21.0. The number of nitrogens with one attached hydrogen (secondary N) is 1. The van der Waals surface area contributed by atoms with Crippen molar-refractivity contribution in [3.05, 3.63) is 29.8 Å². The number of aryl methyl sites for hydroxylation is 1. The van der Waals surface area contributed by atoms with Crippen molar-refractivity contribution in [2.75, 3.05) is 44.7 Å². The second-order valence-electron chi connectivity index (χ2n) is 7.64. The lowest BCUT2D eigenvalue weighted by molar-refractivity contribution is 0.00940. The smallest absolute Gasteiger partial charge is 0.193 e. The van der Waals surface area contributed by atoms with Crippen LogP contribution in [0.15, 0.2) is 29.3 Å². The molecule has 0 aromatic heterocycles. The van der Waals surface area contributed by atoms with Crippen LogP contribution in [0.25, 0.3) is 0 Å². The van der Waals surface area contributed by atoms with Crippen LogP contribution < -0.4 is 11.1 Å². The number of benzene rings is 1. The highest BCUT2D eigenvalue weighted by molar-refractivity contribution is 14.0. The Balaban J connectivity index is 0.00000243. The van der Waals surface area contributed by atoms with Gasteiger partial charge in [-0.1, -0.05) is 37.0 Å². The van der Waals surface area contributed by atoms with E-state index in [0.717, 1.165) is 45.1 Å². The summed E-state index contributed by atoms with van der Waals surface area (Å²) in [5.41, 5.74) is 8.67. The van der Waals surface area contributed by atoms with Crippen molar-refractivity contribution in [3.63, 3.8) is 0 Å². The topological polar surface area (TPSA) is 62.9 Å². The third-order valence-electron chi connectivity index (χ3n) is 5.49. The Hall–Kier alpha value is -0.860. The molecular formula is C20H33IN4O. The third-order valence-corrected chi connectivity index (χ3v) is 5.49. The maximum absolute atomic E-state index is 6.16. The van der Waals surface area contributed by atoms with Crippen molar-refractivity contribution < 1.29 is 4.74 Å². The van der Waals surface area contributed by atoms with Crippen molar-refractivity contribution in [1.82, 2.24) is 4.90 Å². The molecule has 5 nitrogen and oxygen atoms in total. The van der Waals surface area contributed by atoms with E-state index in [4.69, 9.17) is 15.5 Å². The third kappa shape index (κ3) is 6.39. The Morgan fingerprint density at radius 2 is 1.81 bits per heavy atom. The molecule has 1 aromatic rings. The van der Waals surface area contributed by atoms with Gasteiger partial charge in [-0.2, -0.15) is 0 Å². The minimum atomic E-state index is 0. The average Bonchev–Trinajstić information content (AvgIpc) is 2.64. The van der Waals surface area contributed by atoms with Gasteiger partial charge in [0.1, 0.15) is 0 Å². The van der Waals surface area contributed by atoms with Crippen LogP contribution >= 0.6 is 24.0 Å². The molecule has 1 saturated heterocycles. The fourth-order valence-corrected chi connectivity index (χ4v) is 3.98. The lowest BCUT2D eigenvalue weighted by atomic mass is 9.73. The van der Waals surface area contributed by atoms with Gasteiger partial charge in [0.05, 0.1) is 13.2 Å². The summed E-state index contributed by atoms with van der Waals surface area (Å²) < 4.78 is 5.50. The molecule has 26 heavy (non-hydrogen) atoms. The van der Waals surface area contributed by atoms with Gasteiger partial charge in [0.2, 0.25) is 0 Å². The highest BCUT2D eigenvalue weighted by atomic mass is 127. The first-order valence-corrected chi connectivity index (χ1v) is 9.59. The molecule has 6 heteroatoms. The molecule has 1 aliphatic carbocycles. The molecule has 1 heterocycles. The number of halogens is 1. The summed E-state index contributed by atoms with van der Waals surface area (Å²) in [5.74, 6) is 0.524. The molecule has 3 rings (SSSR count). The zero-order valence-corrected chi connectivity index (χ0v) is 18.2. The number of nitrogens with zero attached hydrogens (tertiary/aromatic N) is 2. The van der Waals surface area contributed by atoms with Gasteiger partial charge in [0, 0.05) is 37.3 Å². The SMILES string of the molecule is Cc1ccc(NC(N)=NCC2(CN3CCOCC3)CCCCC2)cc1.I. The minimum absolute atomic E-state index is 0. The molecule has 1 aromatic carbocycles. The number of guanidine groups is 1. The van der Waals surface area contributed by atoms with E-state index >= 15 is 0 Å². The van der Waals surface area contributed by atoms with E-state index in [1.54, 1.807) is 0 Å². The molecule has 2 fully saturated rings. The monoisotopic (exact) mass is 472 g/mol. The quantitative estimate of drug-likeness (QED) is 0.391. The van der Waals surface area contributed by atoms with Crippen LogP contribution in [0.1, 0.15) is 37.7 Å². The molecule has 0 spiro atoms. The zero-order chi connectivity index (χ0) is 17.5. The summed E-state index contributed by atoms with van der Waals surface area (Å²) in [6.07, 6.45) is 6.49. The standard InChI is InChI=1S/C20H32N4O.HI/c1-17-5-7-18(8-6-17)23-19(21)22-15-20(9-3-2-4-10-20)16-24-11-13-25-14-12-24;/h5-8H,2-4,9-16H2,1H3,(H3,21,22,23);1H. The first-order valence-electron chi connectivity index (χ1n) is 9.59. The van der Waals surface area contributed by atoms with Crippen molar-refractivity contribution in [3.8, 4) is 0 Å². The summed E-state index contributed by atoms with van der Waals surface area (Å²) in [6, 6.07) is 8.25. The van der Waals surface area contributed by atoms with Crippen LogP contribution in [0.5, 0.6) is 0 Å². The van der Waals surface area contributed by atoms with Gasteiger partial charge < -0.3 is 15.8 Å². The molecule has 0 amide bonds.